The molecule has 0 aromatic carbocycles. The highest BCUT2D eigenvalue weighted by molar-refractivity contribution is 7.87. The third-order valence-electron chi connectivity index (χ3n) is 1.33. The van der Waals surface area contributed by atoms with E-state index in [0.29, 0.717) is 0 Å². The molecule has 0 heterocycles. The number of nitrogens with one attached hydrogen (secondary N) is 1. The number of carboxylic acids is 2. The van der Waals surface area contributed by atoms with Gasteiger partial charge in [-0.05, 0) is 0 Å². The predicted octanol–water partition coefficient (Wildman–Crippen LogP) is -2.90. The highest BCUT2D eigenvalue weighted by Crippen LogP contribution is 1.99. The molecule has 0 rings (SSSR count). The van der Waals surface area contributed by atoms with E-state index in [1.165, 1.54) is 4.72 Å². The molecule has 12 nitrogen and oxygen atoms in total. The summed E-state index contributed by atoms with van der Waals surface area (Å²) < 4.78 is 31.1. The average Bonchev–Trinajstić information content (AvgIpc) is 2.09. The predicted molar refractivity (Wildman–Crippen MR) is 56.7 cm³/mol. The van der Waals surface area contributed by atoms with Gasteiger partial charge in [-0.25, -0.2) is 5.14 Å². The fraction of sp³-hybridized carbons (Fsp3) is 0.429. The van der Waals surface area contributed by atoms with Gasteiger partial charge in [0.25, 0.3) is 10.2 Å². The van der Waals surface area contributed by atoms with Gasteiger partial charge in [-0.1, -0.05) is 0 Å². The minimum absolute atomic E-state index is 1.14. The maximum Gasteiger partial charge on any atom is 0.321 e. The van der Waals surface area contributed by atoms with Crippen molar-refractivity contribution >= 4 is 34.1 Å². The zero-order valence-corrected chi connectivity index (χ0v) is 10.5. The molecule has 0 aromatic rings. The van der Waals surface area contributed by atoms with E-state index in [2.05, 4.69) is 14.6 Å². The molecule has 0 atom stereocenters. The fourth-order valence-corrected chi connectivity index (χ4v) is 1.14. The molecule has 0 aliphatic rings. The molecule has 0 amide bonds. The minimum atomic E-state index is -4.47. The van der Waals surface area contributed by atoms with E-state index >= 15 is 0 Å². The lowest BCUT2D eigenvalue weighted by atomic mass is 10.4. The maximum absolute atomic E-state index is 11.0. The van der Waals surface area contributed by atoms with Crippen LogP contribution in [0.3, 0.4) is 0 Å². The van der Waals surface area contributed by atoms with Gasteiger partial charge in [0.1, 0.15) is 12.8 Å². The Bertz CT molecular complexity index is 482. The molecule has 0 bridgehead atoms. The highest BCUT2D eigenvalue weighted by Gasteiger charge is 2.25. The normalized spacial score (nSPS) is 10.9. The topological polar surface area (TPSA) is 199 Å². The Morgan fingerprint density at radius 3 is 1.60 bits per heavy atom. The zero-order valence-electron chi connectivity index (χ0n) is 9.64. The number of carbonyl (C=O) groups excluding carboxylic acids is 2. The van der Waals surface area contributed by atoms with Crippen molar-refractivity contribution in [1.29, 1.82) is 0 Å². The van der Waals surface area contributed by atoms with Crippen LogP contribution in [0.25, 0.3) is 0 Å². The van der Waals surface area contributed by atoms with Gasteiger partial charge in [-0.15, -0.1) is 4.72 Å². The van der Waals surface area contributed by atoms with Gasteiger partial charge >= 0.3 is 30.3 Å². The van der Waals surface area contributed by atoms with E-state index in [1.54, 1.807) is 0 Å². The Morgan fingerprint density at radius 1 is 1.00 bits per heavy atom. The molecule has 0 fully saturated rings. The molecule has 0 spiro atoms. The summed E-state index contributed by atoms with van der Waals surface area (Å²) in [6.45, 7) is 0. The second-order valence-electron chi connectivity index (χ2n) is 3.12. The number of carbonyl (C=O) groups is 4. The van der Waals surface area contributed by atoms with Gasteiger partial charge in [-0.3, -0.25) is 19.2 Å². The quantitative estimate of drug-likeness (QED) is 0.204. The summed E-state index contributed by atoms with van der Waals surface area (Å²) in [7, 11) is -4.47. The molecule has 0 saturated heterocycles. The molecule has 13 heteroatoms. The van der Waals surface area contributed by atoms with Crippen LogP contribution in [0, 0.1) is 0 Å². The van der Waals surface area contributed by atoms with E-state index < -0.39 is 53.3 Å². The number of rotatable bonds is 8. The molecule has 0 aliphatic carbocycles. The van der Waals surface area contributed by atoms with Crippen molar-refractivity contribution in [2.75, 3.05) is 0 Å². The molecule has 0 saturated carbocycles. The SMILES string of the molecule is NS(=O)(=O)NC(OC(=O)CC(=O)O)OC(=O)CC(=O)O. The number of hydrogen-bond acceptors (Lipinski definition) is 8. The number of ether oxygens (including phenoxy) is 2. The van der Waals surface area contributed by atoms with Crippen LogP contribution in [0.5, 0.6) is 0 Å². The van der Waals surface area contributed by atoms with Crippen LogP contribution in [0.2, 0.25) is 0 Å². The Hall–Kier alpha value is -2.25. The van der Waals surface area contributed by atoms with E-state index in [-0.39, 0.29) is 0 Å². The van der Waals surface area contributed by atoms with Crippen molar-refractivity contribution in [1.82, 2.24) is 4.72 Å². The number of aliphatic carboxylic acids is 2. The number of esters is 2. The lowest BCUT2D eigenvalue weighted by molar-refractivity contribution is -0.190. The molecule has 5 N–H and O–H groups in total. The lowest BCUT2D eigenvalue weighted by Crippen LogP contribution is -2.45. The fourth-order valence-electron chi connectivity index (χ4n) is 0.775. The molecule has 0 unspecified atom stereocenters. The van der Waals surface area contributed by atoms with E-state index in [9.17, 15) is 27.6 Å². The Labute approximate surface area is 111 Å². The second-order valence-corrected chi connectivity index (χ2v) is 4.44. The van der Waals surface area contributed by atoms with Crippen molar-refractivity contribution in [3.63, 3.8) is 0 Å². The van der Waals surface area contributed by atoms with E-state index in [4.69, 9.17) is 10.2 Å². The van der Waals surface area contributed by atoms with E-state index in [0.717, 1.165) is 0 Å². The first-order valence-corrected chi connectivity index (χ1v) is 6.17. The van der Waals surface area contributed by atoms with Gasteiger partial charge in [0, 0.05) is 0 Å². The minimum Gasteiger partial charge on any atom is -0.481 e. The van der Waals surface area contributed by atoms with Gasteiger partial charge < -0.3 is 19.7 Å². The van der Waals surface area contributed by atoms with Gasteiger partial charge in [0.05, 0.1) is 0 Å². The third kappa shape index (κ3) is 9.75. The first kappa shape index (κ1) is 17.8. The summed E-state index contributed by atoms with van der Waals surface area (Å²) in [4.78, 5) is 42.3. The smallest absolute Gasteiger partial charge is 0.321 e. The molecule has 20 heavy (non-hydrogen) atoms. The Kier molecular flexibility index (Phi) is 6.54. The molecular formula is C7H10N2O10S. The highest BCUT2D eigenvalue weighted by atomic mass is 32.2. The number of carboxylic acid groups (broad SMARTS) is 2. The molecular weight excluding hydrogens is 304 g/mol. The lowest BCUT2D eigenvalue weighted by Gasteiger charge is -2.17. The largest absolute Gasteiger partial charge is 0.481 e. The third-order valence-corrected chi connectivity index (χ3v) is 1.85. The van der Waals surface area contributed by atoms with Gasteiger partial charge in [0.15, 0.2) is 0 Å². The monoisotopic (exact) mass is 314 g/mol. The zero-order chi connectivity index (χ0) is 15.9. The second kappa shape index (κ2) is 7.37. The number of hydrogen-bond donors (Lipinski definition) is 4. The molecule has 0 aromatic heterocycles. The summed E-state index contributed by atoms with van der Waals surface area (Å²) in [5.41, 5.74) is 0. The van der Waals surface area contributed by atoms with Crippen molar-refractivity contribution in [3.05, 3.63) is 0 Å². The summed E-state index contributed by atoms with van der Waals surface area (Å²) in [6, 6.07) is 0. The van der Waals surface area contributed by atoms with Gasteiger partial charge in [-0.2, -0.15) is 8.42 Å². The summed E-state index contributed by atoms with van der Waals surface area (Å²) in [5.74, 6) is -6.05. The van der Waals surface area contributed by atoms with Crippen molar-refractivity contribution in [2.24, 2.45) is 5.14 Å². The average molecular weight is 314 g/mol. The van der Waals surface area contributed by atoms with Crippen LogP contribution >= 0.6 is 0 Å². The summed E-state index contributed by atoms with van der Waals surface area (Å²) in [5, 5.41) is 21.1. The van der Waals surface area contributed by atoms with Crippen LogP contribution in [0.15, 0.2) is 0 Å². The first-order valence-electron chi connectivity index (χ1n) is 4.62. The maximum atomic E-state index is 11.0. The summed E-state index contributed by atoms with van der Waals surface area (Å²) in [6.07, 6.45) is -4.55. The van der Waals surface area contributed by atoms with Crippen molar-refractivity contribution < 1.29 is 47.3 Å². The van der Waals surface area contributed by atoms with Crippen LogP contribution < -0.4 is 9.86 Å². The molecule has 0 radical (unpaired) electrons. The first-order chi connectivity index (χ1) is 8.99. The van der Waals surface area contributed by atoms with Crippen LogP contribution in [-0.4, -0.2) is 48.9 Å². The molecule has 114 valence electrons. The van der Waals surface area contributed by atoms with Crippen molar-refractivity contribution in [3.8, 4) is 0 Å². The Balaban J connectivity index is 4.73. The standard InChI is InChI=1S/C7H10N2O10S/c8-20(16,17)9-7(18-5(14)1-3(10)11)19-6(15)2-4(12)13/h7,9H,1-2H2,(H,10,11)(H,12,13)(H2,8,16,17). The number of nitrogens with two attached hydrogens (primary N) is 1. The van der Waals surface area contributed by atoms with Crippen LogP contribution in [0.4, 0.5) is 0 Å². The van der Waals surface area contributed by atoms with Crippen LogP contribution in [0.1, 0.15) is 12.8 Å². The van der Waals surface area contributed by atoms with Gasteiger partial charge in [0.2, 0.25) is 0 Å². The van der Waals surface area contributed by atoms with Crippen molar-refractivity contribution in [2.45, 2.75) is 19.3 Å². The van der Waals surface area contributed by atoms with Crippen LogP contribution in [-0.2, 0) is 38.9 Å². The van der Waals surface area contributed by atoms with E-state index in [1.807, 2.05) is 0 Å². The summed E-state index contributed by atoms with van der Waals surface area (Å²) >= 11 is 0. The Morgan fingerprint density at radius 2 is 1.35 bits per heavy atom. The molecule has 0 aliphatic heterocycles.